The third-order valence-electron chi connectivity index (χ3n) is 4.80. The molecule has 1 atom stereocenters. The van der Waals surface area contributed by atoms with E-state index in [4.69, 9.17) is 0 Å². The second kappa shape index (κ2) is 5.04. The molecule has 0 heteroatoms. The smallest absolute Gasteiger partial charge is 0.00303 e. The fraction of sp³-hybridized carbons (Fsp3) is 0.238. The van der Waals surface area contributed by atoms with E-state index in [1.807, 2.05) is 0 Å². The Bertz CT molecular complexity index is 746. The highest BCUT2D eigenvalue weighted by atomic mass is 14.2. The molecule has 1 unspecified atom stereocenters. The summed E-state index contributed by atoms with van der Waals surface area (Å²) in [5.74, 6) is 0.590. The largest absolute Gasteiger partial charge is 0.0764 e. The lowest BCUT2D eigenvalue weighted by Gasteiger charge is -2.13. The molecule has 0 fully saturated rings. The van der Waals surface area contributed by atoms with E-state index in [1.165, 1.54) is 35.1 Å². The molecule has 0 saturated heterocycles. The lowest BCUT2D eigenvalue weighted by atomic mass is 9.91. The van der Waals surface area contributed by atoms with Gasteiger partial charge in [0.1, 0.15) is 0 Å². The lowest BCUT2D eigenvalue weighted by molar-refractivity contribution is 0.741. The molecular formula is C21H20. The summed E-state index contributed by atoms with van der Waals surface area (Å²) in [6.45, 7) is 2.24. The molecule has 0 spiro atoms. The molecule has 2 aromatic carbocycles. The van der Waals surface area contributed by atoms with Crippen molar-refractivity contribution in [3.05, 3.63) is 81.9 Å². The molecule has 2 aliphatic carbocycles. The first-order chi connectivity index (χ1) is 10.3. The van der Waals surface area contributed by atoms with Gasteiger partial charge in [0.05, 0.1) is 0 Å². The topological polar surface area (TPSA) is 0 Å². The molecule has 4 rings (SSSR count). The number of aryl methyl sites for hydroxylation is 1. The van der Waals surface area contributed by atoms with Crippen LogP contribution in [0.1, 0.15) is 47.1 Å². The standard InChI is InChI=1S/C21H20/c1-15-13-19-7-4-6-17(21(19)14-15)10-12-18-11-9-16-5-2-3-8-20(16)18/h2-9,11,13,18H,10,12,14H2,1H3. The zero-order valence-corrected chi connectivity index (χ0v) is 12.5. The van der Waals surface area contributed by atoms with Crippen LogP contribution in [-0.4, -0.2) is 0 Å². The third-order valence-corrected chi connectivity index (χ3v) is 4.80. The fourth-order valence-corrected chi connectivity index (χ4v) is 3.72. The van der Waals surface area contributed by atoms with Crippen molar-refractivity contribution < 1.29 is 0 Å². The van der Waals surface area contributed by atoms with E-state index in [9.17, 15) is 0 Å². The molecule has 0 radical (unpaired) electrons. The van der Waals surface area contributed by atoms with E-state index < -0.39 is 0 Å². The number of hydrogen-bond donors (Lipinski definition) is 0. The van der Waals surface area contributed by atoms with Gasteiger partial charge in [0.25, 0.3) is 0 Å². The van der Waals surface area contributed by atoms with Gasteiger partial charge in [-0.05, 0) is 54.0 Å². The van der Waals surface area contributed by atoms with Crippen molar-refractivity contribution in [1.82, 2.24) is 0 Å². The van der Waals surface area contributed by atoms with Gasteiger partial charge in [0.2, 0.25) is 0 Å². The maximum atomic E-state index is 2.37. The van der Waals surface area contributed by atoms with Crippen molar-refractivity contribution in [2.24, 2.45) is 0 Å². The maximum absolute atomic E-state index is 2.37. The molecule has 0 amide bonds. The molecule has 104 valence electrons. The summed E-state index contributed by atoms with van der Waals surface area (Å²) in [4.78, 5) is 0. The van der Waals surface area contributed by atoms with E-state index in [2.05, 4.69) is 67.6 Å². The lowest BCUT2D eigenvalue weighted by Crippen LogP contribution is -1.99. The second-order valence-electron chi connectivity index (χ2n) is 6.29. The normalized spacial score (nSPS) is 18.5. The summed E-state index contributed by atoms with van der Waals surface area (Å²) < 4.78 is 0. The Morgan fingerprint density at radius 1 is 1.00 bits per heavy atom. The van der Waals surface area contributed by atoms with Crippen molar-refractivity contribution in [3.8, 4) is 0 Å². The minimum atomic E-state index is 0.590. The van der Waals surface area contributed by atoms with Gasteiger partial charge in [-0.3, -0.25) is 0 Å². The fourth-order valence-electron chi connectivity index (χ4n) is 3.72. The molecule has 2 aliphatic rings. The van der Waals surface area contributed by atoms with Gasteiger partial charge in [0, 0.05) is 5.92 Å². The van der Waals surface area contributed by atoms with Crippen LogP contribution in [0.5, 0.6) is 0 Å². The van der Waals surface area contributed by atoms with Crippen LogP contribution in [0.3, 0.4) is 0 Å². The van der Waals surface area contributed by atoms with Crippen LogP contribution in [0, 0.1) is 0 Å². The Kier molecular flexibility index (Phi) is 3.03. The predicted molar refractivity (Wildman–Crippen MR) is 90.3 cm³/mol. The first-order valence-electron chi connectivity index (χ1n) is 7.86. The Hall–Kier alpha value is -2.08. The van der Waals surface area contributed by atoms with Crippen molar-refractivity contribution in [3.63, 3.8) is 0 Å². The molecular weight excluding hydrogens is 252 g/mol. The SMILES string of the molecule is CC1=Cc2cccc(CCC3C=Cc4ccccc43)c2C1. The van der Waals surface area contributed by atoms with Gasteiger partial charge in [-0.1, -0.05) is 66.3 Å². The first kappa shape index (κ1) is 12.6. The number of hydrogen-bond acceptors (Lipinski definition) is 0. The molecule has 21 heavy (non-hydrogen) atoms. The number of benzene rings is 2. The molecule has 0 saturated carbocycles. The summed E-state index contributed by atoms with van der Waals surface area (Å²) in [5.41, 5.74) is 8.93. The van der Waals surface area contributed by atoms with Crippen molar-refractivity contribution in [1.29, 1.82) is 0 Å². The minimum absolute atomic E-state index is 0.590. The number of allylic oxidation sites excluding steroid dienone is 2. The van der Waals surface area contributed by atoms with Crippen LogP contribution in [0.2, 0.25) is 0 Å². The van der Waals surface area contributed by atoms with Gasteiger partial charge in [-0.2, -0.15) is 0 Å². The average molecular weight is 272 g/mol. The highest BCUT2D eigenvalue weighted by Crippen LogP contribution is 2.35. The van der Waals surface area contributed by atoms with E-state index in [1.54, 1.807) is 11.1 Å². The predicted octanol–water partition coefficient (Wildman–Crippen LogP) is 5.39. The van der Waals surface area contributed by atoms with Crippen LogP contribution in [-0.2, 0) is 12.8 Å². The monoisotopic (exact) mass is 272 g/mol. The Labute approximate surface area is 126 Å². The average Bonchev–Trinajstić information content (AvgIpc) is 3.07. The maximum Gasteiger partial charge on any atom is 0.00303 e. The number of fused-ring (bicyclic) bond motifs is 2. The van der Waals surface area contributed by atoms with Crippen LogP contribution >= 0.6 is 0 Å². The summed E-state index contributed by atoms with van der Waals surface area (Å²) in [6, 6.07) is 15.6. The third kappa shape index (κ3) is 2.25. The Balaban J connectivity index is 1.53. The second-order valence-corrected chi connectivity index (χ2v) is 6.29. The van der Waals surface area contributed by atoms with Crippen LogP contribution in [0.4, 0.5) is 0 Å². The summed E-state index contributed by atoms with van der Waals surface area (Å²) >= 11 is 0. The molecule has 0 N–H and O–H groups in total. The molecule has 0 aromatic heterocycles. The summed E-state index contributed by atoms with van der Waals surface area (Å²) in [5, 5.41) is 0. The molecule has 0 heterocycles. The van der Waals surface area contributed by atoms with Gasteiger partial charge < -0.3 is 0 Å². The van der Waals surface area contributed by atoms with Gasteiger partial charge in [-0.15, -0.1) is 0 Å². The quantitative estimate of drug-likeness (QED) is 0.702. The van der Waals surface area contributed by atoms with Gasteiger partial charge >= 0.3 is 0 Å². The van der Waals surface area contributed by atoms with Gasteiger partial charge in [0.15, 0.2) is 0 Å². The van der Waals surface area contributed by atoms with E-state index in [-0.39, 0.29) is 0 Å². The van der Waals surface area contributed by atoms with Crippen LogP contribution < -0.4 is 0 Å². The molecule has 0 nitrogen and oxygen atoms in total. The Morgan fingerprint density at radius 2 is 1.86 bits per heavy atom. The van der Waals surface area contributed by atoms with E-state index in [0.29, 0.717) is 5.92 Å². The molecule has 0 aliphatic heterocycles. The van der Waals surface area contributed by atoms with E-state index >= 15 is 0 Å². The minimum Gasteiger partial charge on any atom is -0.0764 e. The zero-order valence-electron chi connectivity index (χ0n) is 12.5. The van der Waals surface area contributed by atoms with E-state index in [0.717, 1.165) is 6.42 Å². The molecule has 0 bridgehead atoms. The summed E-state index contributed by atoms with van der Waals surface area (Å²) in [6.07, 6.45) is 10.5. The highest BCUT2D eigenvalue weighted by Gasteiger charge is 2.18. The van der Waals surface area contributed by atoms with Crippen molar-refractivity contribution in [2.45, 2.75) is 32.1 Å². The summed E-state index contributed by atoms with van der Waals surface area (Å²) in [7, 11) is 0. The highest BCUT2D eigenvalue weighted by molar-refractivity contribution is 5.65. The van der Waals surface area contributed by atoms with Crippen molar-refractivity contribution in [2.75, 3.05) is 0 Å². The Morgan fingerprint density at radius 3 is 2.81 bits per heavy atom. The number of rotatable bonds is 3. The first-order valence-corrected chi connectivity index (χ1v) is 7.86. The van der Waals surface area contributed by atoms with Crippen LogP contribution in [0.25, 0.3) is 12.2 Å². The van der Waals surface area contributed by atoms with Crippen LogP contribution in [0.15, 0.2) is 54.1 Å². The molecule has 2 aromatic rings. The van der Waals surface area contributed by atoms with Gasteiger partial charge in [-0.25, -0.2) is 0 Å². The zero-order chi connectivity index (χ0) is 14.2. The van der Waals surface area contributed by atoms with Crippen molar-refractivity contribution >= 4 is 12.2 Å².